The van der Waals surface area contributed by atoms with Gasteiger partial charge in [-0.25, -0.2) is 0 Å². The van der Waals surface area contributed by atoms with Gasteiger partial charge in [-0.15, -0.1) is 0 Å². The van der Waals surface area contributed by atoms with Crippen molar-refractivity contribution in [2.24, 2.45) is 0 Å². The van der Waals surface area contributed by atoms with Crippen LogP contribution in [0.3, 0.4) is 0 Å². The van der Waals surface area contributed by atoms with Crippen molar-refractivity contribution in [3.8, 4) is 0 Å². The standard InChI is InChI=1S/C47H82O9/c1-3-5-7-9-11-13-15-17-19-20-21-23-25-27-29-31-33-35-37-53-39-41(40-54-47-46(52)45(51)44(50)42(38-48)56-47)55-43(49)36-34-32-30-28-26-24-22-18-16-14-12-10-8-6-4-2/h6,8,12,14,17-19,22,26,28,41-42,44-48,50-52H,3-5,7,9-11,13,15-16,20-21,23-25,27,29-40H2,1-2H3/b8-6-,14-12-,19-17-,22-18-,28-26-. The first-order valence-corrected chi connectivity index (χ1v) is 22.4. The number of allylic oxidation sites excluding steroid dienone is 10. The van der Waals surface area contributed by atoms with Gasteiger partial charge in [-0.2, -0.15) is 0 Å². The third-order valence-corrected chi connectivity index (χ3v) is 9.92. The second-order valence-electron chi connectivity index (χ2n) is 15.1. The maximum atomic E-state index is 12.7. The van der Waals surface area contributed by atoms with Crippen LogP contribution >= 0.6 is 0 Å². The van der Waals surface area contributed by atoms with E-state index in [-0.39, 0.29) is 25.6 Å². The van der Waals surface area contributed by atoms with Crippen LogP contribution in [0.4, 0.5) is 0 Å². The molecule has 1 fully saturated rings. The van der Waals surface area contributed by atoms with Crippen LogP contribution in [-0.2, 0) is 23.7 Å². The van der Waals surface area contributed by atoms with Crippen molar-refractivity contribution in [2.75, 3.05) is 26.4 Å². The largest absolute Gasteiger partial charge is 0.457 e. The monoisotopic (exact) mass is 791 g/mol. The number of aliphatic hydroxyl groups excluding tert-OH is 4. The van der Waals surface area contributed by atoms with Crippen molar-refractivity contribution in [1.82, 2.24) is 0 Å². The third kappa shape index (κ3) is 29.2. The van der Waals surface area contributed by atoms with Gasteiger partial charge in [0.15, 0.2) is 6.29 Å². The summed E-state index contributed by atoms with van der Waals surface area (Å²) >= 11 is 0. The van der Waals surface area contributed by atoms with Crippen LogP contribution in [0.2, 0.25) is 0 Å². The molecule has 9 nitrogen and oxygen atoms in total. The second-order valence-corrected chi connectivity index (χ2v) is 15.1. The summed E-state index contributed by atoms with van der Waals surface area (Å²) in [6.45, 7) is 4.37. The van der Waals surface area contributed by atoms with Crippen LogP contribution in [-0.4, -0.2) is 89.6 Å². The molecule has 56 heavy (non-hydrogen) atoms. The molecule has 0 bridgehead atoms. The normalized spacial score (nSPS) is 21.1. The molecule has 0 aromatic rings. The fourth-order valence-corrected chi connectivity index (χ4v) is 6.42. The van der Waals surface area contributed by atoms with Crippen LogP contribution in [0.5, 0.6) is 0 Å². The van der Waals surface area contributed by atoms with E-state index in [1.807, 2.05) is 0 Å². The van der Waals surface area contributed by atoms with E-state index in [2.05, 4.69) is 74.6 Å². The molecule has 0 saturated carbocycles. The zero-order chi connectivity index (χ0) is 40.7. The van der Waals surface area contributed by atoms with Gasteiger partial charge < -0.3 is 39.4 Å². The van der Waals surface area contributed by atoms with Gasteiger partial charge in [0.05, 0.1) is 19.8 Å². The maximum absolute atomic E-state index is 12.7. The lowest BCUT2D eigenvalue weighted by Gasteiger charge is -2.39. The van der Waals surface area contributed by atoms with Crippen LogP contribution in [0, 0.1) is 0 Å². The van der Waals surface area contributed by atoms with Gasteiger partial charge in [0, 0.05) is 13.0 Å². The average Bonchev–Trinajstić information content (AvgIpc) is 3.20. The number of carbonyl (C=O) groups excluding carboxylic acids is 1. The molecule has 1 rings (SSSR count). The van der Waals surface area contributed by atoms with Gasteiger partial charge in [0.25, 0.3) is 0 Å². The zero-order valence-corrected chi connectivity index (χ0v) is 35.4. The Balaban J connectivity index is 2.30. The SMILES string of the molecule is CC/C=C\C/C=C\C/C=C\C/C=C\CCCCC(=O)OC(COCCCCCCCCCC/C=C\CCCCCCCC)COC1OC(CO)C(O)C(O)C1O. The van der Waals surface area contributed by atoms with Crippen molar-refractivity contribution in [3.63, 3.8) is 0 Å². The number of ether oxygens (including phenoxy) is 4. The molecule has 1 saturated heterocycles. The number of hydrogen-bond donors (Lipinski definition) is 4. The van der Waals surface area contributed by atoms with Crippen molar-refractivity contribution >= 4 is 5.97 Å². The predicted octanol–water partition coefficient (Wildman–Crippen LogP) is 9.91. The van der Waals surface area contributed by atoms with Crippen LogP contribution in [0.25, 0.3) is 0 Å². The van der Waals surface area contributed by atoms with Gasteiger partial charge in [0.1, 0.15) is 30.5 Å². The van der Waals surface area contributed by atoms with Gasteiger partial charge in [-0.05, 0) is 77.0 Å². The zero-order valence-electron chi connectivity index (χ0n) is 35.4. The van der Waals surface area contributed by atoms with E-state index >= 15 is 0 Å². The summed E-state index contributed by atoms with van der Waals surface area (Å²) in [6, 6.07) is 0. The number of hydrogen-bond acceptors (Lipinski definition) is 9. The Morgan fingerprint density at radius 3 is 1.66 bits per heavy atom. The smallest absolute Gasteiger partial charge is 0.306 e. The van der Waals surface area contributed by atoms with E-state index in [1.165, 1.54) is 89.9 Å². The fourth-order valence-electron chi connectivity index (χ4n) is 6.42. The first-order chi connectivity index (χ1) is 27.4. The Labute approximate surface area is 341 Å². The quantitative estimate of drug-likeness (QED) is 0.0276. The molecular formula is C47H82O9. The minimum atomic E-state index is -1.55. The van der Waals surface area contributed by atoms with Gasteiger partial charge in [-0.1, -0.05) is 145 Å². The molecule has 6 unspecified atom stereocenters. The first kappa shape index (κ1) is 51.9. The van der Waals surface area contributed by atoms with E-state index in [0.29, 0.717) is 13.0 Å². The highest BCUT2D eigenvalue weighted by Crippen LogP contribution is 2.22. The number of unbranched alkanes of at least 4 members (excludes halogenated alkanes) is 16. The minimum absolute atomic E-state index is 0.124. The number of carbonyl (C=O) groups is 1. The van der Waals surface area contributed by atoms with E-state index in [4.69, 9.17) is 18.9 Å². The molecule has 9 heteroatoms. The lowest BCUT2D eigenvalue weighted by molar-refractivity contribution is -0.305. The average molecular weight is 791 g/mol. The molecule has 0 aromatic carbocycles. The Kier molecular flexibility index (Phi) is 35.6. The lowest BCUT2D eigenvalue weighted by Crippen LogP contribution is -2.59. The third-order valence-electron chi connectivity index (χ3n) is 9.92. The van der Waals surface area contributed by atoms with Crippen molar-refractivity contribution in [2.45, 2.75) is 205 Å². The highest BCUT2D eigenvalue weighted by molar-refractivity contribution is 5.69. The van der Waals surface area contributed by atoms with Crippen LogP contribution in [0.1, 0.15) is 168 Å². The minimum Gasteiger partial charge on any atom is -0.457 e. The van der Waals surface area contributed by atoms with Crippen LogP contribution < -0.4 is 0 Å². The van der Waals surface area contributed by atoms with Crippen molar-refractivity contribution in [1.29, 1.82) is 0 Å². The van der Waals surface area contributed by atoms with Gasteiger partial charge >= 0.3 is 5.97 Å². The Morgan fingerprint density at radius 1 is 0.589 bits per heavy atom. The molecule has 1 heterocycles. The molecule has 0 radical (unpaired) electrons. The molecule has 324 valence electrons. The Bertz CT molecular complexity index is 1040. The van der Waals surface area contributed by atoms with E-state index in [1.54, 1.807) is 0 Å². The number of esters is 1. The molecule has 4 N–H and O–H groups in total. The van der Waals surface area contributed by atoms with Gasteiger partial charge in [0.2, 0.25) is 0 Å². The summed E-state index contributed by atoms with van der Waals surface area (Å²) in [5, 5.41) is 40.1. The molecule has 0 spiro atoms. The second kappa shape index (κ2) is 38.4. The topological polar surface area (TPSA) is 135 Å². The molecule has 1 aliphatic heterocycles. The summed E-state index contributed by atoms with van der Waals surface area (Å²) in [6.07, 6.45) is 41.1. The highest BCUT2D eigenvalue weighted by atomic mass is 16.7. The highest BCUT2D eigenvalue weighted by Gasteiger charge is 2.44. The van der Waals surface area contributed by atoms with Crippen LogP contribution in [0.15, 0.2) is 60.8 Å². The van der Waals surface area contributed by atoms with E-state index in [9.17, 15) is 25.2 Å². The van der Waals surface area contributed by atoms with E-state index in [0.717, 1.165) is 51.4 Å². The summed E-state index contributed by atoms with van der Waals surface area (Å²) in [4.78, 5) is 12.7. The summed E-state index contributed by atoms with van der Waals surface area (Å²) in [5.74, 6) is -0.356. The van der Waals surface area contributed by atoms with Crippen molar-refractivity contribution < 1.29 is 44.2 Å². The fraction of sp³-hybridized carbons (Fsp3) is 0.766. The summed E-state index contributed by atoms with van der Waals surface area (Å²) < 4.78 is 22.8. The predicted molar refractivity (Wildman–Crippen MR) is 228 cm³/mol. The molecule has 0 aliphatic carbocycles. The van der Waals surface area contributed by atoms with Gasteiger partial charge in [-0.3, -0.25) is 4.79 Å². The Morgan fingerprint density at radius 2 is 1.09 bits per heavy atom. The summed E-state index contributed by atoms with van der Waals surface area (Å²) in [7, 11) is 0. The molecule has 6 atom stereocenters. The molecule has 0 amide bonds. The Hall–Kier alpha value is -2.11. The van der Waals surface area contributed by atoms with Crippen molar-refractivity contribution in [3.05, 3.63) is 60.8 Å². The van der Waals surface area contributed by atoms with E-state index < -0.39 is 43.4 Å². The first-order valence-electron chi connectivity index (χ1n) is 22.4. The lowest BCUT2D eigenvalue weighted by atomic mass is 9.99. The summed E-state index contributed by atoms with van der Waals surface area (Å²) in [5.41, 5.74) is 0. The number of aliphatic hydroxyl groups is 4. The molecule has 0 aromatic heterocycles. The maximum Gasteiger partial charge on any atom is 0.306 e. The number of rotatable bonds is 37. The molecule has 1 aliphatic rings. The molecular weight excluding hydrogens is 709 g/mol.